The molecule has 138 valence electrons. The first-order valence-electron chi connectivity index (χ1n) is 8.69. The number of carbonyl (C=O) groups is 1. The number of hydrogen-bond acceptors (Lipinski definition) is 4. The highest BCUT2D eigenvalue weighted by atomic mass is 32.2. The predicted octanol–water partition coefficient (Wildman–Crippen LogP) is 0.952. The zero-order valence-electron chi connectivity index (χ0n) is 14.1. The molecule has 0 bridgehead atoms. The van der Waals surface area contributed by atoms with E-state index in [1.165, 1.54) is 12.1 Å². The second-order valence-corrected chi connectivity index (χ2v) is 8.51. The van der Waals surface area contributed by atoms with Crippen molar-refractivity contribution in [3.05, 3.63) is 30.1 Å². The molecule has 2 aliphatic rings. The van der Waals surface area contributed by atoms with Crippen LogP contribution in [0.1, 0.15) is 19.3 Å². The summed E-state index contributed by atoms with van der Waals surface area (Å²) in [5, 5.41) is 3.40. The zero-order chi connectivity index (χ0) is 17.9. The van der Waals surface area contributed by atoms with Crippen LogP contribution in [-0.2, 0) is 14.8 Å². The Balaban J connectivity index is 1.48. The van der Waals surface area contributed by atoms with Gasteiger partial charge in [0.05, 0.1) is 4.90 Å². The molecule has 0 aliphatic carbocycles. The molecule has 3 rings (SSSR count). The minimum atomic E-state index is -3.72. The van der Waals surface area contributed by atoms with Gasteiger partial charge in [-0.25, -0.2) is 17.5 Å². The number of amides is 1. The van der Waals surface area contributed by atoms with Crippen LogP contribution in [0.25, 0.3) is 0 Å². The fourth-order valence-corrected chi connectivity index (χ4v) is 4.65. The van der Waals surface area contributed by atoms with Crippen molar-refractivity contribution < 1.29 is 17.6 Å². The highest BCUT2D eigenvalue weighted by Crippen LogP contribution is 2.27. The highest BCUT2D eigenvalue weighted by Gasteiger charge is 2.31. The summed E-state index contributed by atoms with van der Waals surface area (Å²) in [5.41, 5.74) is 0. The molecule has 25 heavy (non-hydrogen) atoms. The van der Waals surface area contributed by atoms with Crippen LogP contribution in [0.5, 0.6) is 0 Å². The molecule has 0 aromatic heterocycles. The van der Waals surface area contributed by atoms with Crippen molar-refractivity contribution in [3.8, 4) is 0 Å². The average Bonchev–Trinajstić information content (AvgIpc) is 2.93. The van der Waals surface area contributed by atoms with Gasteiger partial charge in [-0.3, -0.25) is 4.79 Å². The van der Waals surface area contributed by atoms with Crippen LogP contribution in [0.3, 0.4) is 0 Å². The first kappa shape index (κ1) is 18.3. The Labute approximate surface area is 147 Å². The van der Waals surface area contributed by atoms with Crippen LogP contribution in [-0.4, -0.2) is 51.9 Å². The van der Waals surface area contributed by atoms with Crippen LogP contribution in [0.4, 0.5) is 4.39 Å². The van der Waals surface area contributed by atoms with Crippen molar-refractivity contribution in [1.29, 1.82) is 0 Å². The van der Waals surface area contributed by atoms with Crippen molar-refractivity contribution >= 4 is 15.9 Å². The normalized spacial score (nSPS) is 24.0. The molecular weight excluding hydrogens is 345 g/mol. The second kappa shape index (κ2) is 7.80. The van der Waals surface area contributed by atoms with Gasteiger partial charge in [-0.15, -0.1) is 0 Å². The number of halogens is 1. The highest BCUT2D eigenvalue weighted by molar-refractivity contribution is 7.89. The molecule has 0 spiro atoms. The van der Waals surface area contributed by atoms with E-state index in [1.807, 2.05) is 4.90 Å². The van der Waals surface area contributed by atoms with Crippen molar-refractivity contribution in [2.24, 2.45) is 11.8 Å². The Morgan fingerprint density at radius 2 is 1.76 bits per heavy atom. The van der Waals surface area contributed by atoms with Gasteiger partial charge in [-0.1, -0.05) is 0 Å². The number of nitrogens with one attached hydrogen (secondary N) is 2. The zero-order valence-corrected chi connectivity index (χ0v) is 14.9. The Kier molecular flexibility index (Phi) is 5.71. The smallest absolute Gasteiger partial charge is 0.240 e. The number of hydrogen-bond donors (Lipinski definition) is 2. The lowest BCUT2D eigenvalue weighted by Gasteiger charge is -2.21. The van der Waals surface area contributed by atoms with Gasteiger partial charge in [-0.2, -0.15) is 0 Å². The first-order valence-corrected chi connectivity index (χ1v) is 10.2. The summed E-state index contributed by atoms with van der Waals surface area (Å²) in [4.78, 5) is 14.2. The molecule has 6 nitrogen and oxygen atoms in total. The summed E-state index contributed by atoms with van der Waals surface area (Å²) in [5.74, 6) is 0.787. The molecule has 1 aromatic rings. The molecule has 8 heteroatoms. The lowest BCUT2D eigenvalue weighted by atomic mass is 9.92. The maximum atomic E-state index is 12.9. The fraction of sp³-hybridized carbons (Fsp3) is 0.588. The Morgan fingerprint density at radius 3 is 2.36 bits per heavy atom. The lowest BCUT2D eigenvalue weighted by molar-refractivity contribution is -0.131. The third-order valence-electron chi connectivity index (χ3n) is 5.13. The second-order valence-electron chi connectivity index (χ2n) is 6.74. The van der Waals surface area contributed by atoms with Crippen molar-refractivity contribution in [2.75, 3.05) is 32.7 Å². The standard InChI is InChI=1S/C17H24FN3O3S/c18-15-1-3-16(4-2-15)25(23,24)20-8-5-17(22)21-9-6-13-11-19-12-14(13)7-10-21/h1-4,13-14,19-20H,5-12H2/t13-,14+. The van der Waals surface area contributed by atoms with Crippen LogP contribution < -0.4 is 10.0 Å². The quantitative estimate of drug-likeness (QED) is 0.810. The van der Waals surface area contributed by atoms with E-state index in [1.54, 1.807) is 0 Å². The van der Waals surface area contributed by atoms with Gasteiger partial charge >= 0.3 is 0 Å². The van der Waals surface area contributed by atoms with Gasteiger partial charge in [0.15, 0.2) is 0 Å². The summed E-state index contributed by atoms with van der Waals surface area (Å²) in [6.45, 7) is 3.59. The van der Waals surface area contributed by atoms with Crippen LogP contribution in [0.2, 0.25) is 0 Å². The average molecular weight is 369 g/mol. The molecule has 1 amide bonds. The maximum Gasteiger partial charge on any atom is 0.240 e. The predicted molar refractivity (Wildman–Crippen MR) is 91.9 cm³/mol. The largest absolute Gasteiger partial charge is 0.343 e. The molecule has 2 fully saturated rings. The SMILES string of the molecule is O=C(CCNS(=O)(=O)c1ccc(F)cc1)N1CC[C@@H]2CNC[C@@H]2CC1. The van der Waals surface area contributed by atoms with E-state index in [4.69, 9.17) is 0 Å². The van der Waals surface area contributed by atoms with Crippen LogP contribution >= 0.6 is 0 Å². The Bertz CT molecular complexity index is 694. The molecule has 2 saturated heterocycles. The van der Waals surface area contributed by atoms with Gasteiger partial charge in [0, 0.05) is 26.1 Å². The van der Waals surface area contributed by atoms with Crippen molar-refractivity contribution in [2.45, 2.75) is 24.2 Å². The molecule has 2 aliphatic heterocycles. The third kappa shape index (κ3) is 4.56. The summed E-state index contributed by atoms with van der Waals surface area (Å²) in [7, 11) is -3.72. The van der Waals surface area contributed by atoms with Crippen LogP contribution in [0.15, 0.2) is 29.2 Å². The van der Waals surface area contributed by atoms with Crippen molar-refractivity contribution in [1.82, 2.24) is 14.9 Å². The maximum absolute atomic E-state index is 12.9. The van der Waals surface area contributed by atoms with Gasteiger partial charge in [0.25, 0.3) is 0 Å². The number of benzene rings is 1. The van der Waals surface area contributed by atoms with Gasteiger partial charge < -0.3 is 10.2 Å². The number of likely N-dealkylation sites (tertiary alicyclic amines) is 1. The third-order valence-corrected chi connectivity index (χ3v) is 6.60. The van der Waals surface area contributed by atoms with Crippen molar-refractivity contribution in [3.63, 3.8) is 0 Å². The molecule has 0 unspecified atom stereocenters. The van der Waals surface area contributed by atoms with E-state index < -0.39 is 15.8 Å². The number of sulfonamides is 1. The number of nitrogens with zero attached hydrogens (tertiary/aromatic N) is 1. The van der Waals surface area contributed by atoms with Crippen LogP contribution in [0, 0.1) is 17.7 Å². The first-order chi connectivity index (χ1) is 12.0. The monoisotopic (exact) mass is 369 g/mol. The summed E-state index contributed by atoms with van der Waals surface area (Å²) in [6, 6.07) is 4.62. The molecule has 2 heterocycles. The molecule has 1 aromatic carbocycles. The summed E-state index contributed by atoms with van der Waals surface area (Å²) in [6.07, 6.45) is 2.14. The van der Waals surface area contributed by atoms with Gasteiger partial charge in [0.2, 0.25) is 15.9 Å². The minimum absolute atomic E-state index is 0.00329. The van der Waals surface area contributed by atoms with Gasteiger partial charge in [-0.05, 0) is 62.0 Å². The molecule has 2 atom stereocenters. The van der Waals surface area contributed by atoms with E-state index >= 15 is 0 Å². The minimum Gasteiger partial charge on any atom is -0.343 e. The molecule has 2 N–H and O–H groups in total. The Morgan fingerprint density at radius 1 is 1.16 bits per heavy atom. The number of carbonyl (C=O) groups excluding carboxylic acids is 1. The Hall–Kier alpha value is -1.51. The molecular formula is C17H24FN3O3S. The number of rotatable bonds is 5. The van der Waals surface area contributed by atoms with E-state index in [0.29, 0.717) is 11.8 Å². The van der Waals surface area contributed by atoms with Gasteiger partial charge in [0.1, 0.15) is 5.82 Å². The van der Waals surface area contributed by atoms with E-state index in [0.717, 1.165) is 51.2 Å². The molecule has 0 radical (unpaired) electrons. The summed E-state index contributed by atoms with van der Waals surface area (Å²) < 4.78 is 39.5. The fourth-order valence-electron chi connectivity index (χ4n) is 3.62. The molecule has 0 saturated carbocycles. The van der Waals surface area contributed by atoms with E-state index in [9.17, 15) is 17.6 Å². The number of fused-ring (bicyclic) bond motifs is 1. The topological polar surface area (TPSA) is 78.5 Å². The van der Waals surface area contributed by atoms with E-state index in [2.05, 4.69) is 10.0 Å². The lowest BCUT2D eigenvalue weighted by Crippen LogP contribution is -2.35. The summed E-state index contributed by atoms with van der Waals surface area (Å²) >= 11 is 0. The van der Waals surface area contributed by atoms with E-state index in [-0.39, 0.29) is 23.8 Å².